The van der Waals surface area contributed by atoms with Crippen molar-refractivity contribution >= 4 is 28.0 Å². The normalized spacial score (nSPS) is 11.1. The molecule has 0 aliphatic heterocycles. The molecule has 29 heavy (non-hydrogen) atoms. The summed E-state index contributed by atoms with van der Waals surface area (Å²) in [5.74, 6) is 0.00877. The predicted octanol–water partition coefficient (Wildman–Crippen LogP) is 3.90. The average molecular weight is 404 g/mol. The number of hydrogen-bond donors (Lipinski definition) is 1. The molecule has 0 bridgehead atoms. The van der Waals surface area contributed by atoms with Crippen molar-refractivity contribution in [2.24, 2.45) is 0 Å². The Kier molecular flexibility index (Phi) is 5.22. The summed E-state index contributed by atoms with van der Waals surface area (Å²) >= 11 is 1.59. The van der Waals surface area contributed by atoms with E-state index in [2.05, 4.69) is 29.2 Å². The monoisotopic (exact) mass is 404 g/mol. The maximum Gasteiger partial charge on any atom is 0.279 e. The molecular formula is C22H20N4O2S. The molecule has 0 atom stereocenters. The van der Waals surface area contributed by atoms with Crippen LogP contribution in [-0.4, -0.2) is 20.7 Å². The Labute approximate surface area is 171 Å². The molecule has 146 valence electrons. The van der Waals surface area contributed by atoms with Crippen molar-refractivity contribution in [2.75, 3.05) is 0 Å². The Bertz CT molecular complexity index is 1230. The fourth-order valence-electron chi connectivity index (χ4n) is 3.02. The van der Waals surface area contributed by atoms with E-state index in [9.17, 15) is 9.59 Å². The second-order valence-electron chi connectivity index (χ2n) is 6.96. The van der Waals surface area contributed by atoms with Crippen molar-refractivity contribution in [1.29, 1.82) is 0 Å². The first-order chi connectivity index (χ1) is 14.0. The third-order valence-corrected chi connectivity index (χ3v) is 5.71. The number of hydrogen-bond acceptors (Lipinski definition) is 5. The van der Waals surface area contributed by atoms with Crippen molar-refractivity contribution in [3.8, 4) is 5.69 Å². The minimum atomic E-state index is -0.343. The van der Waals surface area contributed by atoms with E-state index in [-0.39, 0.29) is 17.2 Å². The molecule has 4 rings (SSSR count). The van der Waals surface area contributed by atoms with E-state index in [1.165, 1.54) is 4.68 Å². The first kappa shape index (κ1) is 19.0. The topological polar surface area (TPSA) is 76.9 Å². The third kappa shape index (κ3) is 3.82. The number of benzene rings is 2. The first-order valence-corrected chi connectivity index (χ1v) is 10.2. The quantitative estimate of drug-likeness (QED) is 0.547. The summed E-state index contributed by atoms with van der Waals surface area (Å²) in [6.45, 7) is 4.48. The van der Waals surface area contributed by atoms with Gasteiger partial charge in [0.2, 0.25) is 0 Å². The van der Waals surface area contributed by atoms with Gasteiger partial charge >= 0.3 is 0 Å². The van der Waals surface area contributed by atoms with Crippen molar-refractivity contribution in [3.05, 3.63) is 86.7 Å². The van der Waals surface area contributed by atoms with E-state index < -0.39 is 0 Å². The Morgan fingerprint density at radius 2 is 1.76 bits per heavy atom. The molecule has 6 nitrogen and oxygen atoms in total. The van der Waals surface area contributed by atoms with Gasteiger partial charge in [-0.05, 0) is 18.2 Å². The lowest BCUT2D eigenvalue weighted by Gasteiger charge is -2.11. The molecule has 2 aromatic carbocycles. The van der Waals surface area contributed by atoms with Crippen LogP contribution in [0, 0.1) is 0 Å². The van der Waals surface area contributed by atoms with Gasteiger partial charge in [0, 0.05) is 16.7 Å². The first-order valence-electron chi connectivity index (χ1n) is 9.34. The van der Waals surface area contributed by atoms with Gasteiger partial charge in [-0.3, -0.25) is 9.59 Å². The highest BCUT2D eigenvalue weighted by Gasteiger charge is 2.17. The van der Waals surface area contributed by atoms with Crippen LogP contribution in [0.15, 0.2) is 64.8 Å². The van der Waals surface area contributed by atoms with Crippen molar-refractivity contribution < 1.29 is 4.79 Å². The van der Waals surface area contributed by atoms with E-state index in [1.807, 2.05) is 23.6 Å². The fraction of sp³-hybridized carbons (Fsp3) is 0.182. The molecule has 0 spiro atoms. The number of fused-ring (bicyclic) bond motifs is 1. The molecule has 0 saturated heterocycles. The lowest BCUT2D eigenvalue weighted by molar-refractivity contribution is 0.0945. The zero-order valence-corrected chi connectivity index (χ0v) is 16.9. The zero-order chi connectivity index (χ0) is 20.4. The SMILES string of the molecule is CC(C)c1nc(CNC(=O)c2nn(-c3ccccc3)c(=O)c3ccccc23)cs1. The number of nitrogens with one attached hydrogen (secondary N) is 1. The summed E-state index contributed by atoms with van der Waals surface area (Å²) in [6, 6.07) is 16.1. The molecule has 0 fully saturated rings. The maximum atomic E-state index is 13.0. The van der Waals surface area contributed by atoms with Crippen LogP contribution in [-0.2, 0) is 6.54 Å². The molecule has 0 unspecified atom stereocenters. The number of carbonyl (C=O) groups is 1. The molecule has 0 aliphatic carbocycles. The number of aromatic nitrogens is 3. The second kappa shape index (κ2) is 7.97. The fourth-order valence-corrected chi connectivity index (χ4v) is 3.86. The van der Waals surface area contributed by atoms with Gasteiger partial charge in [0.1, 0.15) is 0 Å². The molecule has 0 saturated carbocycles. The lowest BCUT2D eigenvalue weighted by atomic mass is 10.1. The summed E-state index contributed by atoms with van der Waals surface area (Å²) in [5, 5.41) is 11.2. The van der Waals surface area contributed by atoms with Gasteiger partial charge in [-0.1, -0.05) is 50.2 Å². The highest BCUT2D eigenvalue weighted by Crippen LogP contribution is 2.19. The van der Waals surface area contributed by atoms with Gasteiger partial charge in [0.05, 0.1) is 28.3 Å². The van der Waals surface area contributed by atoms with Crippen LogP contribution in [0.3, 0.4) is 0 Å². The van der Waals surface area contributed by atoms with Crippen LogP contribution >= 0.6 is 11.3 Å². The molecule has 1 N–H and O–H groups in total. The Morgan fingerprint density at radius 1 is 1.07 bits per heavy atom. The van der Waals surface area contributed by atoms with Gasteiger partial charge in [-0.2, -0.15) is 9.78 Å². The van der Waals surface area contributed by atoms with E-state index >= 15 is 0 Å². The number of rotatable bonds is 5. The van der Waals surface area contributed by atoms with Crippen LogP contribution < -0.4 is 10.9 Å². The summed E-state index contributed by atoms with van der Waals surface area (Å²) < 4.78 is 1.27. The van der Waals surface area contributed by atoms with Crippen LogP contribution in [0.2, 0.25) is 0 Å². The van der Waals surface area contributed by atoms with Crippen LogP contribution in [0.1, 0.15) is 41.0 Å². The lowest BCUT2D eigenvalue weighted by Crippen LogP contribution is -2.29. The molecule has 0 radical (unpaired) electrons. The molecule has 2 heterocycles. The Morgan fingerprint density at radius 3 is 2.45 bits per heavy atom. The standard InChI is InChI=1S/C22H20N4O2S/c1-14(2)21-24-15(13-29-21)12-23-20(27)19-17-10-6-7-11-18(17)22(28)26(25-19)16-8-4-3-5-9-16/h3-11,13-14H,12H2,1-2H3,(H,23,27). The molecule has 1 amide bonds. The Hall–Kier alpha value is -3.32. The number of amides is 1. The van der Waals surface area contributed by atoms with Crippen molar-refractivity contribution in [1.82, 2.24) is 20.1 Å². The van der Waals surface area contributed by atoms with Gasteiger partial charge < -0.3 is 5.32 Å². The molecular weight excluding hydrogens is 384 g/mol. The van der Waals surface area contributed by atoms with Gasteiger partial charge in [-0.15, -0.1) is 11.3 Å². The van der Waals surface area contributed by atoms with Gasteiger partial charge in [0.15, 0.2) is 5.69 Å². The van der Waals surface area contributed by atoms with E-state index in [4.69, 9.17) is 0 Å². The number of carbonyl (C=O) groups excluding carboxylic acids is 1. The smallest absolute Gasteiger partial charge is 0.279 e. The number of nitrogens with zero attached hydrogens (tertiary/aromatic N) is 3. The van der Waals surface area contributed by atoms with Crippen molar-refractivity contribution in [2.45, 2.75) is 26.3 Å². The molecule has 0 aliphatic rings. The van der Waals surface area contributed by atoms with E-state index in [1.54, 1.807) is 47.7 Å². The molecule has 2 aromatic heterocycles. The van der Waals surface area contributed by atoms with Crippen LogP contribution in [0.25, 0.3) is 16.5 Å². The Balaban J connectivity index is 1.71. The highest BCUT2D eigenvalue weighted by molar-refractivity contribution is 7.09. The van der Waals surface area contributed by atoms with Gasteiger partial charge in [0.25, 0.3) is 11.5 Å². The largest absolute Gasteiger partial charge is 0.345 e. The zero-order valence-electron chi connectivity index (χ0n) is 16.1. The van der Waals surface area contributed by atoms with Crippen LogP contribution in [0.5, 0.6) is 0 Å². The second-order valence-corrected chi connectivity index (χ2v) is 7.85. The molecule has 7 heteroatoms. The van der Waals surface area contributed by atoms with Gasteiger partial charge in [-0.25, -0.2) is 4.98 Å². The summed E-state index contributed by atoms with van der Waals surface area (Å²) in [7, 11) is 0. The van der Waals surface area contributed by atoms with E-state index in [0.29, 0.717) is 28.9 Å². The van der Waals surface area contributed by atoms with E-state index in [0.717, 1.165) is 10.7 Å². The summed E-state index contributed by atoms with van der Waals surface area (Å²) in [5.41, 5.74) is 1.37. The minimum Gasteiger partial charge on any atom is -0.345 e. The summed E-state index contributed by atoms with van der Waals surface area (Å²) in [4.78, 5) is 30.4. The van der Waals surface area contributed by atoms with Crippen molar-refractivity contribution in [3.63, 3.8) is 0 Å². The average Bonchev–Trinajstić information content (AvgIpc) is 3.23. The maximum absolute atomic E-state index is 13.0. The molecule has 4 aromatic rings. The summed E-state index contributed by atoms with van der Waals surface area (Å²) in [6.07, 6.45) is 0. The predicted molar refractivity (Wildman–Crippen MR) is 115 cm³/mol. The minimum absolute atomic E-state index is 0.211. The number of thiazole rings is 1. The third-order valence-electron chi connectivity index (χ3n) is 4.51. The number of para-hydroxylation sites is 1. The van der Waals surface area contributed by atoms with Crippen LogP contribution in [0.4, 0.5) is 0 Å². The highest BCUT2D eigenvalue weighted by atomic mass is 32.1.